The molecule has 0 aliphatic rings. The average molecular weight is 816 g/mol. The summed E-state index contributed by atoms with van der Waals surface area (Å²) in [5.74, 6) is 6.08. The summed E-state index contributed by atoms with van der Waals surface area (Å²) in [7, 11) is 0. The molecule has 6 aromatic rings. The number of nitrogens with zero attached hydrogens (tertiary/aromatic N) is 2. The van der Waals surface area contributed by atoms with Crippen LogP contribution in [0.25, 0.3) is 44.5 Å². The van der Waals surface area contributed by atoms with Gasteiger partial charge in [-0.2, -0.15) is 0 Å². The second kappa shape index (κ2) is 12.9. The molecule has 223 valence electrons. The molecule has 0 N–H and O–H groups in total. The maximum Gasteiger partial charge on any atom is 0 e. The van der Waals surface area contributed by atoms with E-state index >= 15 is 0 Å². The van der Waals surface area contributed by atoms with Gasteiger partial charge in [-0.25, -0.2) is 4.39 Å². The Hall–Kier alpha value is -3.12. The van der Waals surface area contributed by atoms with Gasteiger partial charge in [-0.3, -0.25) is 0 Å². The summed E-state index contributed by atoms with van der Waals surface area (Å²) < 4.78 is 65.9. The van der Waals surface area contributed by atoms with Gasteiger partial charge < -0.3 is 9.40 Å². The van der Waals surface area contributed by atoms with Gasteiger partial charge in [0, 0.05) is 37.8 Å². The SMILES string of the molecule is CC(C)(C)c1ccnc(-c2[c-]ccc3c2oc2cc(F)ccc23)c1.[2H]C([2H])([2H])c1c[c-]c(-c2cc(C([2H])([2H])[2H])[c]([Ge]([CH3])([CH3])[CH3])cn2)cc1.[Ir]. The molecule has 3 aromatic carbocycles. The van der Waals surface area contributed by atoms with E-state index in [4.69, 9.17) is 12.6 Å². The summed E-state index contributed by atoms with van der Waals surface area (Å²) in [6, 6.07) is 24.8. The van der Waals surface area contributed by atoms with Crippen molar-refractivity contribution < 1.29 is 37.1 Å². The third kappa shape index (κ3) is 7.34. The Morgan fingerprint density at radius 3 is 2.37 bits per heavy atom. The second-order valence-corrected chi connectivity index (χ2v) is 22.9. The van der Waals surface area contributed by atoms with Crippen molar-refractivity contribution in [1.82, 2.24) is 9.97 Å². The van der Waals surface area contributed by atoms with Crippen molar-refractivity contribution >= 4 is 39.6 Å². The third-order valence-corrected chi connectivity index (χ3v) is 11.3. The molecule has 0 amide bonds. The first-order valence-corrected chi connectivity index (χ1v) is 21.1. The molecule has 0 unspecified atom stereocenters. The minimum Gasteiger partial charge on any atom is 0 e. The minimum absolute atomic E-state index is 0. The zero-order valence-electron chi connectivity index (χ0n) is 31.0. The number of halogens is 1. The number of furan rings is 1. The summed E-state index contributed by atoms with van der Waals surface area (Å²) in [6.45, 7) is 2.11. The number of aryl methyl sites for hydroxylation is 2. The van der Waals surface area contributed by atoms with Crippen LogP contribution in [-0.2, 0) is 25.5 Å². The van der Waals surface area contributed by atoms with Crippen LogP contribution < -0.4 is 4.40 Å². The fourth-order valence-electron chi connectivity index (χ4n) is 4.72. The molecule has 3 aromatic heterocycles. The van der Waals surface area contributed by atoms with E-state index in [0.717, 1.165) is 26.4 Å². The van der Waals surface area contributed by atoms with Crippen molar-refractivity contribution in [2.24, 2.45) is 0 Å². The molecule has 0 saturated carbocycles. The predicted molar refractivity (Wildman–Crippen MR) is 175 cm³/mol. The molecule has 0 aliphatic heterocycles. The van der Waals surface area contributed by atoms with Gasteiger partial charge in [0.1, 0.15) is 11.4 Å². The van der Waals surface area contributed by atoms with E-state index in [1.54, 1.807) is 24.4 Å². The topological polar surface area (TPSA) is 38.9 Å². The summed E-state index contributed by atoms with van der Waals surface area (Å²) >= 11 is -2.38. The van der Waals surface area contributed by atoms with Gasteiger partial charge in [0.2, 0.25) is 0 Å². The van der Waals surface area contributed by atoms with E-state index in [-0.39, 0.29) is 36.9 Å². The molecule has 6 rings (SSSR count). The summed E-state index contributed by atoms with van der Waals surface area (Å²) in [6.07, 6.45) is 3.48. The Morgan fingerprint density at radius 1 is 0.884 bits per heavy atom. The second-order valence-electron chi connectivity index (χ2n) is 12.4. The van der Waals surface area contributed by atoms with E-state index < -0.39 is 27.0 Å². The van der Waals surface area contributed by atoms with Crippen molar-refractivity contribution in [3.8, 4) is 22.5 Å². The van der Waals surface area contributed by atoms with Crippen LogP contribution in [0.5, 0.6) is 0 Å². The molecule has 6 heteroatoms. The van der Waals surface area contributed by atoms with E-state index in [0.29, 0.717) is 28.0 Å². The summed E-state index contributed by atoms with van der Waals surface area (Å²) in [4.78, 5) is 8.90. The van der Waals surface area contributed by atoms with Crippen molar-refractivity contribution in [1.29, 1.82) is 0 Å². The molecule has 1 radical (unpaired) electrons. The first-order chi connectivity index (χ1) is 22.2. The van der Waals surface area contributed by atoms with E-state index in [1.165, 1.54) is 29.8 Å². The molecule has 0 saturated heterocycles. The van der Waals surface area contributed by atoms with Crippen LogP contribution in [0.1, 0.15) is 45.7 Å². The third-order valence-electron chi connectivity index (χ3n) is 7.08. The van der Waals surface area contributed by atoms with Crippen molar-refractivity contribution in [2.45, 2.75) is 57.2 Å². The largest absolute Gasteiger partial charge is 0 e. The number of pyridine rings is 2. The molecule has 3 nitrogen and oxygen atoms in total. The average Bonchev–Trinajstić information content (AvgIpc) is 3.37. The quantitative estimate of drug-likeness (QED) is 0.132. The normalized spacial score (nSPS) is 14.3. The molecule has 0 spiro atoms. The van der Waals surface area contributed by atoms with Gasteiger partial charge in [0.25, 0.3) is 0 Å². The van der Waals surface area contributed by atoms with Crippen molar-refractivity contribution in [3.05, 3.63) is 114 Å². The Kier molecular flexibility index (Phi) is 7.54. The summed E-state index contributed by atoms with van der Waals surface area (Å²) in [5.41, 5.74) is 5.69. The van der Waals surface area contributed by atoms with Crippen LogP contribution >= 0.6 is 0 Å². The van der Waals surface area contributed by atoms with E-state index in [2.05, 4.69) is 66.2 Å². The number of aromatic nitrogens is 2. The Bertz CT molecular complexity index is 2100. The number of benzene rings is 3. The van der Waals surface area contributed by atoms with Crippen molar-refractivity contribution in [3.63, 3.8) is 0 Å². The van der Waals surface area contributed by atoms with Gasteiger partial charge >= 0.3 is 121 Å². The number of fused-ring (bicyclic) bond motifs is 3. The Morgan fingerprint density at radius 2 is 1.70 bits per heavy atom. The smallest absolute Gasteiger partial charge is 0 e. The van der Waals surface area contributed by atoms with Crippen molar-refractivity contribution in [2.75, 3.05) is 0 Å². The van der Waals surface area contributed by atoms with Gasteiger partial charge in [-0.05, 0) is 34.9 Å². The molecule has 43 heavy (non-hydrogen) atoms. The molecule has 0 bridgehead atoms. The van der Waals surface area contributed by atoms with Crippen LogP contribution in [0.2, 0.25) is 17.3 Å². The zero-order chi connectivity index (χ0) is 35.2. The predicted octanol–water partition coefficient (Wildman–Crippen LogP) is 9.59. The fourth-order valence-corrected chi connectivity index (χ4v) is 7.52. The van der Waals surface area contributed by atoms with Crippen LogP contribution in [0.3, 0.4) is 0 Å². The van der Waals surface area contributed by atoms with Gasteiger partial charge in [-0.15, -0.1) is 18.2 Å². The maximum atomic E-state index is 13.5. The monoisotopic (exact) mass is 817 g/mol. The Balaban J connectivity index is 0.000000216. The fraction of sp³-hybridized carbons (Fsp3) is 0.243. The first-order valence-electron chi connectivity index (χ1n) is 16.8. The minimum atomic E-state index is -2.38. The standard InChI is InChI=1S/C21H17FNO.C16H20GeN.Ir/c1-21(2,3)13-9-10-23-18(11-13)17-6-4-5-16-15-8-7-14(22)12-19(15)24-20(16)17;1-12-6-8-14(9-7-12)16-10-13(2)15(11-18-16)17(3,4)5;/h4-5,7-12H,1-3H3;6-8,10-11H,1-5H3;/q2*-1;/i;1D3,2D3;. The molecule has 3 heterocycles. The molecular formula is C37H37FGeIrN2O-2. The van der Waals surface area contributed by atoms with Crippen LogP contribution in [-0.4, -0.2) is 23.2 Å². The van der Waals surface area contributed by atoms with Gasteiger partial charge in [-0.1, -0.05) is 37.8 Å². The van der Waals surface area contributed by atoms with E-state index in [1.807, 2.05) is 24.4 Å². The van der Waals surface area contributed by atoms with E-state index in [9.17, 15) is 4.39 Å². The molecular weight excluding hydrogens is 772 g/mol. The molecule has 0 atom stereocenters. The van der Waals surface area contributed by atoms with Crippen LogP contribution in [0, 0.1) is 31.7 Å². The number of rotatable bonds is 3. The molecule has 0 fully saturated rings. The summed E-state index contributed by atoms with van der Waals surface area (Å²) in [5, 5.41) is 1.84. The maximum absolute atomic E-state index is 13.5. The zero-order valence-corrected chi connectivity index (χ0v) is 29.5. The van der Waals surface area contributed by atoms with Crippen LogP contribution in [0.4, 0.5) is 4.39 Å². The number of hydrogen-bond acceptors (Lipinski definition) is 3. The first kappa shape index (κ1) is 25.2. The van der Waals surface area contributed by atoms with Crippen LogP contribution in [0.15, 0.2) is 83.5 Å². The Labute approximate surface area is 279 Å². The van der Waals surface area contributed by atoms with Gasteiger partial charge in [0.15, 0.2) is 0 Å². The van der Waals surface area contributed by atoms with Gasteiger partial charge in [0.05, 0.1) is 5.58 Å². The number of hydrogen-bond donors (Lipinski definition) is 0. The molecule has 0 aliphatic carbocycles.